The van der Waals surface area contributed by atoms with E-state index >= 15 is 0 Å². The average Bonchev–Trinajstić information content (AvgIpc) is 3.08. The van der Waals surface area contributed by atoms with Gasteiger partial charge in [0, 0.05) is 29.4 Å². The van der Waals surface area contributed by atoms with Gasteiger partial charge in [-0.3, -0.25) is 4.79 Å². The Kier molecular flexibility index (Phi) is 5.51. The fourth-order valence-corrected chi connectivity index (χ4v) is 3.44. The smallest absolute Gasteiger partial charge is 0.234 e. The molecule has 3 rings (SSSR count). The first kappa shape index (κ1) is 16.3. The zero-order chi connectivity index (χ0) is 16.1. The third kappa shape index (κ3) is 4.68. The van der Waals surface area contributed by atoms with E-state index in [9.17, 15) is 4.79 Å². The van der Waals surface area contributed by atoms with E-state index in [1.165, 1.54) is 24.6 Å². The maximum atomic E-state index is 12.0. The topological polar surface area (TPSA) is 58.1 Å². The van der Waals surface area contributed by atoms with Crippen molar-refractivity contribution in [2.45, 2.75) is 18.0 Å². The molecule has 0 spiro atoms. The van der Waals surface area contributed by atoms with Crippen molar-refractivity contribution in [3.8, 4) is 0 Å². The summed E-state index contributed by atoms with van der Waals surface area (Å²) in [5, 5.41) is 3.50. The Balaban J connectivity index is 1.55. The van der Waals surface area contributed by atoms with Gasteiger partial charge in [-0.25, -0.2) is 9.97 Å². The van der Waals surface area contributed by atoms with Crippen LogP contribution in [0.4, 0.5) is 11.5 Å². The van der Waals surface area contributed by atoms with E-state index in [1.54, 1.807) is 6.20 Å². The second kappa shape index (κ2) is 7.79. The van der Waals surface area contributed by atoms with E-state index < -0.39 is 0 Å². The molecule has 5 nitrogen and oxygen atoms in total. The molecule has 7 heteroatoms. The Morgan fingerprint density at radius 2 is 2.13 bits per heavy atom. The van der Waals surface area contributed by atoms with Crippen molar-refractivity contribution in [2.24, 2.45) is 0 Å². The molecular weight excluding hydrogens is 376 g/mol. The lowest BCUT2D eigenvalue weighted by Gasteiger charge is -2.16. The number of carbonyl (C=O) groups is 1. The molecule has 0 saturated carbocycles. The molecule has 0 atom stereocenters. The molecule has 1 amide bonds. The van der Waals surface area contributed by atoms with Gasteiger partial charge in [-0.2, -0.15) is 0 Å². The number of aromatic nitrogens is 2. The van der Waals surface area contributed by atoms with Crippen molar-refractivity contribution in [3.05, 3.63) is 41.0 Å². The molecule has 2 aromatic rings. The standard InChI is InChI=1S/C16H17BrN4OS/c17-12-4-3-5-13(10-12)19-15(22)11-23-16-18-7-6-14(20-16)21-8-1-2-9-21/h3-7,10H,1-2,8-9,11H2,(H,19,22). The monoisotopic (exact) mass is 392 g/mol. The lowest BCUT2D eigenvalue weighted by Crippen LogP contribution is -2.19. The number of carbonyl (C=O) groups excluding carboxylic acids is 1. The van der Waals surface area contributed by atoms with E-state index in [4.69, 9.17) is 0 Å². The van der Waals surface area contributed by atoms with Crippen molar-refractivity contribution in [2.75, 3.05) is 29.1 Å². The van der Waals surface area contributed by atoms with Crippen molar-refractivity contribution in [1.82, 2.24) is 9.97 Å². The molecule has 1 aliphatic heterocycles. The maximum Gasteiger partial charge on any atom is 0.234 e. The third-order valence-corrected chi connectivity index (χ3v) is 4.84. The number of benzene rings is 1. The maximum absolute atomic E-state index is 12.0. The summed E-state index contributed by atoms with van der Waals surface area (Å²) >= 11 is 4.74. The summed E-state index contributed by atoms with van der Waals surface area (Å²) in [6.45, 7) is 2.09. The van der Waals surface area contributed by atoms with E-state index in [1.807, 2.05) is 30.3 Å². The van der Waals surface area contributed by atoms with Crippen LogP contribution in [0.1, 0.15) is 12.8 Å². The highest BCUT2D eigenvalue weighted by Crippen LogP contribution is 2.21. The van der Waals surface area contributed by atoms with Gasteiger partial charge in [0.15, 0.2) is 5.16 Å². The minimum Gasteiger partial charge on any atom is -0.356 e. The van der Waals surface area contributed by atoms with E-state index in [-0.39, 0.29) is 11.7 Å². The summed E-state index contributed by atoms with van der Waals surface area (Å²) in [5.74, 6) is 1.17. The van der Waals surface area contributed by atoms with Crippen LogP contribution in [-0.4, -0.2) is 34.7 Å². The number of rotatable bonds is 5. The number of thioether (sulfide) groups is 1. The van der Waals surface area contributed by atoms with Crippen LogP contribution in [0.3, 0.4) is 0 Å². The zero-order valence-corrected chi connectivity index (χ0v) is 14.9. The molecule has 2 heterocycles. The van der Waals surface area contributed by atoms with E-state index in [0.29, 0.717) is 5.16 Å². The molecule has 120 valence electrons. The van der Waals surface area contributed by atoms with Crippen LogP contribution in [0.15, 0.2) is 46.2 Å². The van der Waals surface area contributed by atoms with Gasteiger partial charge in [-0.05, 0) is 37.1 Å². The molecule has 0 unspecified atom stereocenters. The second-order valence-corrected chi connectivity index (χ2v) is 7.10. The highest BCUT2D eigenvalue weighted by molar-refractivity contribution is 9.10. The highest BCUT2D eigenvalue weighted by Gasteiger charge is 2.14. The van der Waals surface area contributed by atoms with Crippen LogP contribution >= 0.6 is 27.7 Å². The molecular formula is C16H17BrN4OS. The molecule has 1 aromatic carbocycles. The largest absolute Gasteiger partial charge is 0.356 e. The first-order chi connectivity index (χ1) is 11.2. The first-order valence-corrected chi connectivity index (χ1v) is 9.25. The third-order valence-electron chi connectivity index (χ3n) is 3.49. The quantitative estimate of drug-likeness (QED) is 0.622. The van der Waals surface area contributed by atoms with Crippen LogP contribution < -0.4 is 10.2 Å². The molecule has 1 fully saturated rings. The highest BCUT2D eigenvalue weighted by atomic mass is 79.9. The number of hydrogen-bond acceptors (Lipinski definition) is 5. The fourth-order valence-electron chi connectivity index (χ4n) is 2.42. The van der Waals surface area contributed by atoms with E-state index in [0.717, 1.165) is 29.1 Å². The SMILES string of the molecule is O=C(CSc1nccc(N2CCCC2)n1)Nc1cccc(Br)c1. The van der Waals surface area contributed by atoms with Crippen LogP contribution in [0.25, 0.3) is 0 Å². The van der Waals surface area contributed by atoms with Gasteiger partial charge in [-0.1, -0.05) is 33.8 Å². The van der Waals surface area contributed by atoms with Gasteiger partial charge in [0.25, 0.3) is 0 Å². The van der Waals surface area contributed by atoms with Crippen molar-refractivity contribution >= 4 is 45.1 Å². The van der Waals surface area contributed by atoms with E-state index in [2.05, 4.69) is 36.1 Å². The Hall–Kier alpha value is -1.60. The summed E-state index contributed by atoms with van der Waals surface area (Å²) < 4.78 is 0.935. The summed E-state index contributed by atoms with van der Waals surface area (Å²) in [4.78, 5) is 23.1. The summed E-state index contributed by atoms with van der Waals surface area (Å²) in [6, 6.07) is 9.46. The number of hydrogen-bond donors (Lipinski definition) is 1. The van der Waals surface area contributed by atoms with Crippen LogP contribution in [0.5, 0.6) is 0 Å². The molecule has 0 bridgehead atoms. The summed E-state index contributed by atoms with van der Waals surface area (Å²) in [5.41, 5.74) is 0.775. The predicted octanol–water partition coefficient (Wildman–Crippen LogP) is 3.57. The van der Waals surface area contributed by atoms with Gasteiger partial charge in [-0.15, -0.1) is 0 Å². The van der Waals surface area contributed by atoms with Crippen molar-refractivity contribution < 1.29 is 4.79 Å². The Morgan fingerprint density at radius 3 is 2.91 bits per heavy atom. The normalized spacial score (nSPS) is 14.0. The number of nitrogens with one attached hydrogen (secondary N) is 1. The average molecular weight is 393 g/mol. The summed E-state index contributed by atoms with van der Waals surface area (Å²) in [6.07, 6.45) is 4.18. The Labute approximate surface area is 148 Å². The zero-order valence-electron chi connectivity index (χ0n) is 12.5. The van der Waals surface area contributed by atoms with Gasteiger partial charge in [0.1, 0.15) is 5.82 Å². The van der Waals surface area contributed by atoms with Crippen LogP contribution in [-0.2, 0) is 4.79 Å². The Bertz CT molecular complexity index is 691. The lowest BCUT2D eigenvalue weighted by molar-refractivity contribution is -0.113. The molecule has 1 saturated heterocycles. The van der Waals surface area contributed by atoms with Gasteiger partial charge in [0.05, 0.1) is 5.75 Å². The van der Waals surface area contributed by atoms with Gasteiger partial charge in [0.2, 0.25) is 5.91 Å². The first-order valence-electron chi connectivity index (χ1n) is 7.47. The van der Waals surface area contributed by atoms with Crippen LogP contribution in [0.2, 0.25) is 0 Å². The minimum absolute atomic E-state index is 0.0664. The number of halogens is 1. The van der Waals surface area contributed by atoms with Crippen molar-refractivity contribution in [3.63, 3.8) is 0 Å². The number of amides is 1. The molecule has 1 N–H and O–H groups in total. The Morgan fingerprint density at radius 1 is 1.30 bits per heavy atom. The predicted molar refractivity (Wildman–Crippen MR) is 97.0 cm³/mol. The van der Waals surface area contributed by atoms with Crippen LogP contribution in [0, 0.1) is 0 Å². The van der Waals surface area contributed by atoms with Crippen molar-refractivity contribution in [1.29, 1.82) is 0 Å². The molecule has 1 aromatic heterocycles. The minimum atomic E-state index is -0.0664. The van der Waals surface area contributed by atoms with Gasteiger partial charge >= 0.3 is 0 Å². The molecule has 0 radical (unpaired) electrons. The molecule has 1 aliphatic rings. The summed E-state index contributed by atoms with van der Waals surface area (Å²) in [7, 11) is 0. The molecule has 23 heavy (non-hydrogen) atoms. The lowest BCUT2D eigenvalue weighted by atomic mass is 10.3. The number of anilines is 2. The number of nitrogens with zero attached hydrogens (tertiary/aromatic N) is 3. The fraction of sp³-hybridized carbons (Fsp3) is 0.312. The second-order valence-electron chi connectivity index (χ2n) is 5.24. The van der Waals surface area contributed by atoms with Gasteiger partial charge < -0.3 is 10.2 Å². The molecule has 0 aliphatic carbocycles.